The number of aliphatic hydroxyl groups excluding tert-OH is 2. The molecule has 18 nitrogen and oxygen atoms in total. The Morgan fingerprint density at radius 2 is 1.67 bits per heavy atom. The molecule has 4 aliphatic carbocycles. The molecule has 418 valence electrons. The minimum absolute atomic E-state index is 0.00150. The third-order valence-electron chi connectivity index (χ3n) is 16.8. The number of H-pyrrole nitrogens is 1. The van der Waals surface area contributed by atoms with Crippen LogP contribution in [-0.2, 0) is 71.9 Å². The summed E-state index contributed by atoms with van der Waals surface area (Å²) in [5, 5.41) is 30.1. The van der Waals surface area contributed by atoms with Crippen LogP contribution in [-0.4, -0.2) is 134 Å². The van der Waals surface area contributed by atoms with E-state index in [1.54, 1.807) is 39.8 Å². The van der Waals surface area contributed by atoms with Crippen molar-refractivity contribution in [2.75, 3.05) is 19.4 Å². The minimum atomic E-state index is -2.36. The first-order valence-electron chi connectivity index (χ1n) is 26.0. The fourth-order valence-corrected chi connectivity index (χ4v) is 12.9. The number of halogens is 2. The number of aliphatic hydroxyl groups is 2. The quantitative estimate of drug-likeness (QED) is 0.0870. The standard InChI is InChI=1S/C56H67F2N5O11S.CO2/c1-30(18-45(67)43(22-37-27-59-29-61-37)63-49(70)15-17-60-51(72)32(3)75-6)50(71)62-31(2)44(66)21-35-9-7-8-34(20-35)19-33-10-12-36(13-11-33)52-73-48-25-39-40-24-42(57)41-23-38(65)14-16-53(41,4)55(40,58)46(68)26-54(39,5)56(48,74-52)47(69)28-64;2-1-3/h7-14,16,20,23,27,29-32,39-40,42-43,46,48,52,64,68H,15,17-19,21-22,24-26,28H2,1-6H3,(H,59,61)(H,60,72)(H,62,71)(H,63,70);/t30-,31+,32?,39+,40+,42+,43+,46+,48-,52-,53+,54+,55+,56-;/m1./s1. The monoisotopic (exact) mass is 1100 g/mol. The first-order valence-corrected chi connectivity index (χ1v) is 27.3. The summed E-state index contributed by atoms with van der Waals surface area (Å²) in [6, 6.07) is 13.0. The molecule has 3 amide bonds. The van der Waals surface area contributed by atoms with Crippen LogP contribution in [0, 0.1) is 28.6 Å². The number of nitrogens with one attached hydrogen (secondary N) is 4. The van der Waals surface area contributed by atoms with Gasteiger partial charge in [-0.2, -0.15) is 21.4 Å². The summed E-state index contributed by atoms with van der Waals surface area (Å²) in [4.78, 5) is 115. The second-order valence-corrected chi connectivity index (χ2v) is 22.8. The number of nitrogens with zero attached hydrogens (tertiary/aromatic N) is 1. The lowest BCUT2D eigenvalue weighted by Gasteiger charge is -2.63. The highest BCUT2D eigenvalue weighted by Crippen LogP contribution is 2.72. The van der Waals surface area contributed by atoms with Crippen LogP contribution in [0.1, 0.15) is 101 Å². The van der Waals surface area contributed by atoms with Crippen LogP contribution < -0.4 is 16.0 Å². The number of aromatic amines is 1. The van der Waals surface area contributed by atoms with E-state index in [9.17, 15) is 43.8 Å². The number of carbonyl (C=O) groups is 7. The average molecular weight is 1100 g/mol. The number of aromatic nitrogens is 2. The number of ketones is 4. The number of alkyl halides is 2. The third kappa shape index (κ3) is 11.5. The Morgan fingerprint density at radius 1 is 0.962 bits per heavy atom. The second-order valence-electron chi connectivity index (χ2n) is 21.6. The van der Waals surface area contributed by atoms with E-state index >= 15 is 8.78 Å². The van der Waals surface area contributed by atoms with Gasteiger partial charge in [-0.25, -0.2) is 13.8 Å². The van der Waals surface area contributed by atoms with E-state index in [0.29, 0.717) is 17.7 Å². The van der Waals surface area contributed by atoms with Gasteiger partial charge in [-0.15, -0.1) is 0 Å². The largest absolute Gasteiger partial charge is 0.390 e. The summed E-state index contributed by atoms with van der Waals surface area (Å²) < 4.78 is 47.0. The van der Waals surface area contributed by atoms with Crippen molar-refractivity contribution in [3.63, 3.8) is 0 Å². The number of hydrogen-bond acceptors (Lipinski definition) is 15. The molecule has 78 heavy (non-hydrogen) atoms. The zero-order chi connectivity index (χ0) is 56.9. The van der Waals surface area contributed by atoms with E-state index in [2.05, 4.69) is 25.9 Å². The van der Waals surface area contributed by atoms with Crippen LogP contribution in [0.5, 0.6) is 0 Å². The molecule has 2 heterocycles. The highest BCUT2D eigenvalue weighted by molar-refractivity contribution is 7.99. The SMILES string of the molecule is CSC(C)C(=O)NCCC(=O)N[C@@H](Cc1cnc[nH]1)C(=O)C[C@@H](C)C(=O)N[C@@H](C)C(=O)Cc1cccc(Cc2ccc([C@@H]3O[C@@H]4C[C@H]5[C@@H]6C[C@H](F)C7=CC(=O)C=C[C@]7(C)[C@@]6(F)[C@@H](O)C[C@]5(C)[C@]4(C(=O)CO)O3)cc2)c1.O=C=O. The van der Waals surface area contributed by atoms with Gasteiger partial charge in [0, 0.05) is 72.3 Å². The van der Waals surface area contributed by atoms with E-state index in [4.69, 9.17) is 19.1 Å². The van der Waals surface area contributed by atoms with Crippen LogP contribution >= 0.6 is 11.8 Å². The van der Waals surface area contributed by atoms with Gasteiger partial charge in [-0.1, -0.05) is 68.5 Å². The highest BCUT2D eigenvalue weighted by Gasteiger charge is 2.80. The summed E-state index contributed by atoms with van der Waals surface area (Å²) in [6.07, 6.45) is 3.41. The molecule has 21 heteroatoms. The molecule has 0 spiro atoms. The van der Waals surface area contributed by atoms with Crippen molar-refractivity contribution >= 4 is 58.8 Å². The van der Waals surface area contributed by atoms with Crippen LogP contribution in [0.3, 0.4) is 0 Å². The van der Waals surface area contributed by atoms with Gasteiger partial charge in [0.2, 0.25) is 17.7 Å². The summed E-state index contributed by atoms with van der Waals surface area (Å²) in [5.41, 5.74) is -3.26. The van der Waals surface area contributed by atoms with Gasteiger partial charge >= 0.3 is 6.15 Å². The van der Waals surface area contributed by atoms with E-state index in [1.807, 2.05) is 42.7 Å². The molecule has 4 fully saturated rings. The highest BCUT2D eigenvalue weighted by atomic mass is 32.2. The lowest BCUT2D eigenvalue weighted by molar-refractivity contribution is -0.235. The number of carbonyl (C=O) groups excluding carboxylic acids is 9. The molecule has 14 atom stereocenters. The summed E-state index contributed by atoms with van der Waals surface area (Å²) in [5.74, 6) is -5.44. The maximum atomic E-state index is 17.8. The predicted octanol–water partition coefficient (Wildman–Crippen LogP) is 4.26. The fourth-order valence-electron chi connectivity index (χ4n) is 12.6. The summed E-state index contributed by atoms with van der Waals surface area (Å²) >= 11 is 1.38. The van der Waals surface area contributed by atoms with Gasteiger partial charge in [0.1, 0.15) is 12.8 Å². The van der Waals surface area contributed by atoms with Gasteiger partial charge in [-0.05, 0) is 93.0 Å². The second kappa shape index (κ2) is 24.3. The molecule has 3 saturated carbocycles. The Morgan fingerprint density at radius 3 is 2.33 bits per heavy atom. The van der Waals surface area contributed by atoms with E-state index < -0.39 is 107 Å². The molecule has 6 N–H and O–H groups in total. The van der Waals surface area contributed by atoms with Crippen LogP contribution in [0.2, 0.25) is 0 Å². The normalized spacial score (nSPS) is 30.0. The van der Waals surface area contributed by atoms with Crippen molar-refractivity contribution in [2.45, 2.75) is 139 Å². The van der Waals surface area contributed by atoms with Crippen LogP contribution in [0.4, 0.5) is 8.78 Å². The maximum Gasteiger partial charge on any atom is 0.373 e. The number of rotatable bonds is 21. The lowest BCUT2D eigenvalue weighted by atomic mass is 9.44. The number of ether oxygens (including phenoxy) is 2. The van der Waals surface area contributed by atoms with Crippen molar-refractivity contribution in [1.29, 1.82) is 0 Å². The van der Waals surface area contributed by atoms with E-state index in [0.717, 1.165) is 22.8 Å². The Balaban J connectivity index is 0.00000287. The lowest BCUT2D eigenvalue weighted by Crippen LogP contribution is -2.70. The first-order chi connectivity index (χ1) is 37.0. The van der Waals surface area contributed by atoms with Gasteiger partial charge in [0.05, 0.1) is 35.9 Å². The van der Waals surface area contributed by atoms with Crippen molar-refractivity contribution in [2.24, 2.45) is 28.6 Å². The fraction of sp³-hybridized carbons (Fsp3) is 0.526. The Kier molecular flexibility index (Phi) is 18.5. The molecular formula is C57H67F2N5O13S. The molecule has 3 aromatic rings. The number of imidazole rings is 1. The van der Waals surface area contributed by atoms with Crippen molar-refractivity contribution in [3.05, 3.63) is 113 Å². The topological polar surface area (TPSA) is 277 Å². The number of allylic oxidation sites excluding steroid dienone is 4. The van der Waals surface area contributed by atoms with Gasteiger partial charge in [0.15, 0.2) is 40.7 Å². The van der Waals surface area contributed by atoms with Crippen molar-refractivity contribution < 1.29 is 71.6 Å². The van der Waals surface area contributed by atoms with Gasteiger partial charge in [0.25, 0.3) is 0 Å². The summed E-state index contributed by atoms with van der Waals surface area (Å²) in [6.45, 7) is 7.37. The van der Waals surface area contributed by atoms with Crippen LogP contribution in [0.15, 0.2) is 84.9 Å². The molecule has 2 aromatic carbocycles. The Hall–Kier alpha value is -6.35. The molecule has 5 aliphatic rings. The number of hydrogen-bond donors (Lipinski definition) is 6. The van der Waals surface area contributed by atoms with Gasteiger partial charge in [-0.3, -0.25) is 33.6 Å². The molecule has 1 aromatic heterocycles. The number of Topliss-reactive ketones (excluding diaryl/α,β-unsaturated/α-hetero) is 3. The molecule has 0 radical (unpaired) electrons. The molecule has 0 bridgehead atoms. The number of fused-ring (bicyclic) bond motifs is 7. The van der Waals surface area contributed by atoms with E-state index in [1.165, 1.54) is 43.4 Å². The number of benzene rings is 2. The molecule has 1 saturated heterocycles. The smallest absolute Gasteiger partial charge is 0.373 e. The molecule has 1 unspecified atom stereocenters. The summed E-state index contributed by atoms with van der Waals surface area (Å²) in [7, 11) is 0. The zero-order valence-corrected chi connectivity index (χ0v) is 45.2. The van der Waals surface area contributed by atoms with Crippen molar-refractivity contribution in [1.82, 2.24) is 25.9 Å². The minimum Gasteiger partial charge on any atom is -0.390 e. The number of amides is 3. The van der Waals surface area contributed by atoms with Gasteiger partial charge < -0.3 is 40.6 Å². The zero-order valence-electron chi connectivity index (χ0n) is 44.3. The maximum absolute atomic E-state index is 17.8. The van der Waals surface area contributed by atoms with Crippen molar-refractivity contribution in [3.8, 4) is 0 Å². The molecule has 8 rings (SSSR count). The Labute approximate surface area is 454 Å². The van der Waals surface area contributed by atoms with E-state index in [-0.39, 0.29) is 85.9 Å². The first kappa shape index (κ1) is 59.3. The van der Waals surface area contributed by atoms with Crippen LogP contribution in [0.25, 0.3) is 0 Å². The average Bonchev–Trinajstić information content (AvgIpc) is 4.04. The molecular weight excluding hydrogens is 1030 g/mol. The number of thioether (sulfide) groups is 1. The third-order valence-corrected chi connectivity index (χ3v) is 17.8. The molecule has 1 aliphatic heterocycles. The predicted molar refractivity (Wildman–Crippen MR) is 278 cm³/mol. The Bertz CT molecular complexity index is 2860.